The highest BCUT2D eigenvalue weighted by Gasteiger charge is 1.96. The Labute approximate surface area is 109 Å². The minimum absolute atomic E-state index is 0.214. The van der Waals surface area contributed by atoms with Crippen molar-refractivity contribution in [3.63, 3.8) is 0 Å². The van der Waals surface area contributed by atoms with Crippen molar-refractivity contribution >= 4 is 15.9 Å². The van der Waals surface area contributed by atoms with Crippen LogP contribution in [0.3, 0.4) is 0 Å². The van der Waals surface area contributed by atoms with Crippen LogP contribution in [-0.4, -0.2) is 16.5 Å². The van der Waals surface area contributed by atoms with Crippen molar-refractivity contribution < 1.29 is 5.11 Å². The Morgan fingerprint density at radius 2 is 1.75 bits per heavy atom. The van der Waals surface area contributed by atoms with Crippen LogP contribution in [0.25, 0.3) is 0 Å². The van der Waals surface area contributed by atoms with E-state index in [1.54, 1.807) is 0 Å². The van der Waals surface area contributed by atoms with Gasteiger partial charge in [0.1, 0.15) is 0 Å². The quantitative estimate of drug-likeness (QED) is 0.328. The number of alkyl halides is 1. The van der Waals surface area contributed by atoms with Crippen molar-refractivity contribution in [1.82, 2.24) is 0 Å². The van der Waals surface area contributed by atoms with Crippen molar-refractivity contribution in [2.24, 2.45) is 0 Å². The van der Waals surface area contributed by atoms with Crippen LogP contribution in [0.2, 0.25) is 0 Å². The van der Waals surface area contributed by atoms with Gasteiger partial charge in [0.05, 0.1) is 6.10 Å². The summed E-state index contributed by atoms with van der Waals surface area (Å²) in [6.07, 6.45) is 14.8. The number of unbranched alkanes of at least 4 members (excludes halogenated alkanes) is 6. The van der Waals surface area contributed by atoms with E-state index in [-0.39, 0.29) is 6.10 Å². The number of allylic oxidation sites excluding steroid dienone is 1. The van der Waals surface area contributed by atoms with E-state index in [2.05, 4.69) is 28.9 Å². The third-order valence-electron chi connectivity index (χ3n) is 2.72. The molecule has 0 bridgehead atoms. The summed E-state index contributed by atoms with van der Waals surface area (Å²) in [6.45, 7) is 2.16. The maximum atomic E-state index is 9.56. The van der Waals surface area contributed by atoms with E-state index in [4.69, 9.17) is 0 Å². The minimum Gasteiger partial charge on any atom is -0.389 e. The molecule has 0 heterocycles. The third kappa shape index (κ3) is 12.3. The molecular formula is C14H27BrO. The van der Waals surface area contributed by atoms with Crippen LogP contribution in [0.4, 0.5) is 0 Å². The van der Waals surface area contributed by atoms with Crippen molar-refractivity contribution in [2.75, 3.05) is 5.33 Å². The summed E-state index contributed by atoms with van der Waals surface area (Å²) in [6, 6.07) is 0. The molecule has 0 saturated heterocycles. The molecule has 0 aromatic heterocycles. The van der Waals surface area contributed by atoms with E-state index >= 15 is 0 Å². The van der Waals surface area contributed by atoms with E-state index < -0.39 is 0 Å². The summed E-state index contributed by atoms with van der Waals surface area (Å²) >= 11 is 3.44. The predicted molar refractivity (Wildman–Crippen MR) is 76.2 cm³/mol. The minimum atomic E-state index is -0.214. The Balaban J connectivity index is 3.20. The molecule has 2 heteroatoms. The number of aliphatic hydroxyl groups is 1. The summed E-state index contributed by atoms with van der Waals surface area (Å²) in [5.74, 6) is 0. The number of hydrogen-bond donors (Lipinski definition) is 1. The normalized spacial score (nSPS) is 13.4. The molecule has 96 valence electrons. The molecular weight excluding hydrogens is 264 g/mol. The largest absolute Gasteiger partial charge is 0.389 e. The Morgan fingerprint density at radius 1 is 1.06 bits per heavy atom. The van der Waals surface area contributed by atoms with Crippen LogP contribution >= 0.6 is 15.9 Å². The lowest BCUT2D eigenvalue weighted by molar-refractivity contribution is 0.209. The van der Waals surface area contributed by atoms with Gasteiger partial charge in [0.15, 0.2) is 0 Å². The van der Waals surface area contributed by atoms with Gasteiger partial charge in [-0.25, -0.2) is 0 Å². The van der Waals surface area contributed by atoms with Crippen LogP contribution in [0.15, 0.2) is 12.2 Å². The molecule has 0 aliphatic heterocycles. The molecule has 0 amide bonds. The second-order valence-electron chi connectivity index (χ2n) is 4.38. The molecule has 0 aliphatic rings. The predicted octanol–water partition coefficient (Wildman–Crippen LogP) is 4.83. The Kier molecular flexibility index (Phi) is 13.4. The first-order valence-corrected chi connectivity index (χ1v) is 7.84. The van der Waals surface area contributed by atoms with Gasteiger partial charge in [-0.2, -0.15) is 0 Å². The van der Waals surface area contributed by atoms with E-state index in [1.807, 2.05) is 6.08 Å². The molecule has 0 fully saturated rings. The van der Waals surface area contributed by atoms with Gasteiger partial charge in [-0.15, -0.1) is 0 Å². The van der Waals surface area contributed by atoms with Crippen LogP contribution in [0.5, 0.6) is 0 Å². The van der Waals surface area contributed by atoms with E-state index in [1.165, 1.54) is 38.5 Å². The molecule has 1 nitrogen and oxygen atoms in total. The van der Waals surface area contributed by atoms with Gasteiger partial charge in [0.25, 0.3) is 0 Å². The van der Waals surface area contributed by atoms with Crippen LogP contribution in [0, 0.1) is 0 Å². The van der Waals surface area contributed by atoms with Crippen molar-refractivity contribution in [3.8, 4) is 0 Å². The number of hydrogen-bond acceptors (Lipinski definition) is 1. The monoisotopic (exact) mass is 290 g/mol. The maximum Gasteiger partial charge on any atom is 0.0720 e. The first-order valence-electron chi connectivity index (χ1n) is 6.72. The standard InChI is InChI=1S/C14H27BrO/c1-2-3-11-14(16)12-9-7-5-4-6-8-10-13-15/h9,12,14,16H,2-8,10-11,13H2,1H3. The van der Waals surface area contributed by atoms with Crippen LogP contribution < -0.4 is 0 Å². The Hall–Kier alpha value is 0.180. The first-order chi connectivity index (χ1) is 7.81. The van der Waals surface area contributed by atoms with Crippen molar-refractivity contribution in [1.29, 1.82) is 0 Å². The van der Waals surface area contributed by atoms with Gasteiger partial charge in [-0.3, -0.25) is 0 Å². The lowest BCUT2D eigenvalue weighted by atomic mass is 10.1. The molecule has 0 spiro atoms. The fraction of sp³-hybridized carbons (Fsp3) is 0.857. The fourth-order valence-electron chi connectivity index (χ4n) is 1.65. The second kappa shape index (κ2) is 13.2. The molecule has 0 aliphatic carbocycles. The lowest BCUT2D eigenvalue weighted by Gasteiger charge is -2.03. The molecule has 1 atom stereocenters. The highest BCUT2D eigenvalue weighted by atomic mass is 79.9. The number of halogens is 1. The zero-order chi connectivity index (χ0) is 12.1. The molecule has 1 unspecified atom stereocenters. The molecule has 16 heavy (non-hydrogen) atoms. The van der Waals surface area contributed by atoms with Crippen molar-refractivity contribution in [2.45, 2.75) is 70.8 Å². The Morgan fingerprint density at radius 3 is 2.44 bits per heavy atom. The van der Waals surface area contributed by atoms with Gasteiger partial charge in [-0.05, 0) is 25.7 Å². The molecule has 0 aromatic rings. The zero-order valence-corrected chi connectivity index (χ0v) is 12.2. The average molecular weight is 291 g/mol. The molecule has 1 N–H and O–H groups in total. The zero-order valence-electron chi connectivity index (χ0n) is 10.6. The summed E-state index contributed by atoms with van der Waals surface area (Å²) in [7, 11) is 0. The molecule has 0 saturated carbocycles. The summed E-state index contributed by atoms with van der Waals surface area (Å²) in [4.78, 5) is 0. The SMILES string of the molecule is CCCCC(O)C=CCCCCCCCBr. The molecule has 0 rings (SSSR count). The van der Waals surface area contributed by atoms with E-state index in [0.29, 0.717) is 0 Å². The summed E-state index contributed by atoms with van der Waals surface area (Å²) in [5, 5.41) is 10.7. The van der Waals surface area contributed by atoms with Crippen LogP contribution in [0.1, 0.15) is 64.7 Å². The number of aliphatic hydroxyl groups excluding tert-OH is 1. The highest BCUT2D eigenvalue weighted by molar-refractivity contribution is 9.09. The fourth-order valence-corrected chi connectivity index (χ4v) is 2.05. The second-order valence-corrected chi connectivity index (χ2v) is 5.18. The average Bonchev–Trinajstić information content (AvgIpc) is 2.30. The van der Waals surface area contributed by atoms with Crippen molar-refractivity contribution in [3.05, 3.63) is 12.2 Å². The van der Waals surface area contributed by atoms with E-state index in [9.17, 15) is 5.11 Å². The maximum absolute atomic E-state index is 9.56. The summed E-state index contributed by atoms with van der Waals surface area (Å²) in [5.41, 5.74) is 0. The summed E-state index contributed by atoms with van der Waals surface area (Å²) < 4.78 is 0. The molecule has 0 radical (unpaired) electrons. The Bertz CT molecular complexity index is 157. The van der Waals surface area contributed by atoms with Gasteiger partial charge >= 0.3 is 0 Å². The van der Waals surface area contributed by atoms with Gasteiger partial charge in [0.2, 0.25) is 0 Å². The van der Waals surface area contributed by atoms with Gasteiger partial charge in [0, 0.05) is 5.33 Å². The smallest absolute Gasteiger partial charge is 0.0720 e. The highest BCUT2D eigenvalue weighted by Crippen LogP contribution is 2.08. The first kappa shape index (κ1) is 16.2. The number of rotatable bonds is 11. The van der Waals surface area contributed by atoms with Crippen LogP contribution in [-0.2, 0) is 0 Å². The third-order valence-corrected chi connectivity index (χ3v) is 3.28. The molecule has 0 aromatic carbocycles. The van der Waals surface area contributed by atoms with E-state index in [0.717, 1.165) is 24.6 Å². The van der Waals surface area contributed by atoms with Gasteiger partial charge in [-0.1, -0.05) is 67.1 Å². The van der Waals surface area contributed by atoms with Gasteiger partial charge < -0.3 is 5.11 Å². The topological polar surface area (TPSA) is 20.2 Å². The lowest BCUT2D eigenvalue weighted by Crippen LogP contribution is -2.00.